The average Bonchev–Trinajstić information content (AvgIpc) is 2.95. The van der Waals surface area contributed by atoms with E-state index in [9.17, 15) is 19.7 Å². The average molecular weight is 291 g/mol. The van der Waals surface area contributed by atoms with Gasteiger partial charge in [0, 0.05) is 19.3 Å². The van der Waals surface area contributed by atoms with E-state index in [2.05, 4.69) is 15.4 Å². The van der Waals surface area contributed by atoms with Gasteiger partial charge in [-0.3, -0.25) is 14.9 Å². The summed E-state index contributed by atoms with van der Waals surface area (Å²) in [5.41, 5.74) is -0.770. The van der Waals surface area contributed by atoms with Crippen molar-refractivity contribution in [2.75, 3.05) is 7.05 Å². The first kappa shape index (κ1) is 14.1. The van der Waals surface area contributed by atoms with Crippen LogP contribution in [0.3, 0.4) is 0 Å². The minimum absolute atomic E-state index is 0.0225. The lowest BCUT2D eigenvalue weighted by molar-refractivity contribution is -0.384. The van der Waals surface area contributed by atoms with Crippen LogP contribution < -0.4 is 5.32 Å². The van der Waals surface area contributed by atoms with E-state index < -0.39 is 22.5 Å². The maximum Gasteiger partial charge on any atom is 0.354 e. The molecule has 0 aliphatic heterocycles. The second-order valence-corrected chi connectivity index (χ2v) is 3.83. The quantitative estimate of drug-likeness (QED) is 0.606. The van der Waals surface area contributed by atoms with Crippen LogP contribution in [0.15, 0.2) is 24.4 Å². The van der Waals surface area contributed by atoms with Gasteiger partial charge in [-0.2, -0.15) is 5.10 Å². The van der Waals surface area contributed by atoms with E-state index in [0.29, 0.717) is 0 Å². The van der Waals surface area contributed by atoms with E-state index in [1.54, 1.807) is 0 Å². The second-order valence-electron chi connectivity index (χ2n) is 3.83. The van der Waals surface area contributed by atoms with Crippen LogP contribution in [0.25, 0.3) is 5.82 Å². The Labute approximate surface area is 117 Å². The number of amides is 1. The maximum absolute atomic E-state index is 11.4. The van der Waals surface area contributed by atoms with E-state index in [4.69, 9.17) is 5.11 Å². The van der Waals surface area contributed by atoms with Gasteiger partial charge in [0.05, 0.1) is 4.92 Å². The standard InChI is InChI=1S/C11H9N5O5/c1-12-10(17)6-4-5-15(14-6)9-8(16(20)21)3-2-7(13-9)11(18)19/h2-5H,1H3,(H,12,17)(H,18,19). The molecule has 0 spiro atoms. The number of carboxylic acids is 1. The van der Waals surface area contributed by atoms with Gasteiger partial charge in [0.15, 0.2) is 11.4 Å². The Hall–Kier alpha value is -3.30. The highest BCUT2D eigenvalue weighted by molar-refractivity contribution is 5.92. The summed E-state index contributed by atoms with van der Waals surface area (Å²) in [6, 6.07) is 3.37. The summed E-state index contributed by atoms with van der Waals surface area (Å²) >= 11 is 0. The Morgan fingerprint density at radius 2 is 2.05 bits per heavy atom. The zero-order chi connectivity index (χ0) is 15.6. The van der Waals surface area contributed by atoms with Gasteiger partial charge in [-0.05, 0) is 12.1 Å². The van der Waals surface area contributed by atoms with Crippen molar-refractivity contribution in [3.63, 3.8) is 0 Å². The predicted octanol–water partition coefficient (Wildman–Crippen LogP) is 0.233. The first-order valence-electron chi connectivity index (χ1n) is 5.61. The molecule has 2 aromatic heterocycles. The van der Waals surface area contributed by atoms with Crippen LogP contribution in [0.1, 0.15) is 21.0 Å². The summed E-state index contributed by atoms with van der Waals surface area (Å²) in [5.74, 6) is -2.09. The van der Waals surface area contributed by atoms with Gasteiger partial charge >= 0.3 is 11.7 Å². The van der Waals surface area contributed by atoms with Crippen LogP contribution >= 0.6 is 0 Å². The topological polar surface area (TPSA) is 140 Å². The molecule has 21 heavy (non-hydrogen) atoms. The molecule has 10 nitrogen and oxygen atoms in total. The third-order valence-electron chi connectivity index (χ3n) is 2.54. The number of aromatic carboxylic acids is 1. The van der Waals surface area contributed by atoms with E-state index >= 15 is 0 Å². The number of nitrogens with one attached hydrogen (secondary N) is 1. The highest BCUT2D eigenvalue weighted by Gasteiger charge is 2.21. The van der Waals surface area contributed by atoms with Crippen LogP contribution in [0, 0.1) is 10.1 Å². The molecule has 0 atom stereocenters. The van der Waals surface area contributed by atoms with Crippen LogP contribution in [-0.2, 0) is 0 Å². The fourth-order valence-corrected chi connectivity index (χ4v) is 1.56. The summed E-state index contributed by atoms with van der Waals surface area (Å²) in [7, 11) is 1.41. The van der Waals surface area contributed by atoms with Gasteiger partial charge in [0.1, 0.15) is 0 Å². The lowest BCUT2D eigenvalue weighted by Gasteiger charge is -2.03. The summed E-state index contributed by atoms with van der Waals surface area (Å²) in [6.45, 7) is 0. The summed E-state index contributed by atoms with van der Waals surface area (Å²) in [6.07, 6.45) is 1.28. The van der Waals surface area contributed by atoms with Crippen LogP contribution in [0.5, 0.6) is 0 Å². The molecule has 0 aliphatic rings. The van der Waals surface area contributed by atoms with Crippen molar-refractivity contribution in [1.82, 2.24) is 20.1 Å². The Morgan fingerprint density at radius 3 is 2.62 bits per heavy atom. The number of carbonyl (C=O) groups is 2. The van der Waals surface area contributed by atoms with E-state index in [0.717, 1.165) is 16.8 Å². The number of hydrogen-bond donors (Lipinski definition) is 2. The van der Waals surface area contributed by atoms with Crippen molar-refractivity contribution in [2.45, 2.75) is 0 Å². The minimum Gasteiger partial charge on any atom is -0.477 e. The fourth-order valence-electron chi connectivity index (χ4n) is 1.56. The largest absolute Gasteiger partial charge is 0.477 e. The molecule has 0 radical (unpaired) electrons. The second kappa shape index (κ2) is 5.36. The number of carbonyl (C=O) groups excluding carboxylic acids is 1. The molecule has 0 bridgehead atoms. The molecule has 0 saturated carbocycles. The normalized spacial score (nSPS) is 10.1. The Kier molecular flexibility index (Phi) is 3.61. The van der Waals surface area contributed by atoms with Gasteiger partial charge in [0.25, 0.3) is 5.91 Å². The van der Waals surface area contributed by atoms with Gasteiger partial charge in [0.2, 0.25) is 5.82 Å². The molecule has 0 aliphatic carbocycles. The number of carboxylic acid groups (broad SMARTS) is 1. The smallest absolute Gasteiger partial charge is 0.354 e. The summed E-state index contributed by atoms with van der Waals surface area (Å²) in [5, 5.41) is 26.1. The van der Waals surface area contributed by atoms with Gasteiger partial charge in [-0.15, -0.1) is 0 Å². The molecule has 108 valence electrons. The molecule has 0 fully saturated rings. The van der Waals surface area contributed by atoms with Crippen LogP contribution in [-0.4, -0.2) is 43.7 Å². The van der Waals surface area contributed by atoms with E-state index in [1.807, 2.05) is 0 Å². The van der Waals surface area contributed by atoms with Crippen LogP contribution in [0.4, 0.5) is 5.69 Å². The lowest BCUT2D eigenvalue weighted by atomic mass is 10.3. The summed E-state index contributed by atoms with van der Waals surface area (Å²) in [4.78, 5) is 36.3. The van der Waals surface area contributed by atoms with Crippen molar-refractivity contribution in [1.29, 1.82) is 0 Å². The molecule has 0 unspecified atom stereocenters. The van der Waals surface area contributed by atoms with Gasteiger partial charge in [-0.1, -0.05) is 0 Å². The van der Waals surface area contributed by atoms with Crippen LogP contribution in [0.2, 0.25) is 0 Å². The molecule has 2 aromatic rings. The molecule has 0 saturated heterocycles. The monoisotopic (exact) mass is 291 g/mol. The maximum atomic E-state index is 11.4. The lowest BCUT2D eigenvalue weighted by Crippen LogP contribution is -2.18. The molecule has 2 rings (SSSR count). The number of aromatic nitrogens is 3. The highest BCUT2D eigenvalue weighted by atomic mass is 16.6. The van der Waals surface area contributed by atoms with Crippen molar-refractivity contribution < 1.29 is 19.6 Å². The number of hydrogen-bond acceptors (Lipinski definition) is 6. The number of nitro groups is 1. The first-order chi connectivity index (χ1) is 9.93. The zero-order valence-corrected chi connectivity index (χ0v) is 10.7. The van der Waals surface area contributed by atoms with E-state index in [1.165, 1.54) is 19.3 Å². The zero-order valence-electron chi connectivity index (χ0n) is 10.7. The number of rotatable bonds is 4. The number of nitrogens with zero attached hydrogens (tertiary/aromatic N) is 4. The van der Waals surface area contributed by atoms with Crippen molar-refractivity contribution >= 4 is 17.6 Å². The van der Waals surface area contributed by atoms with Crippen molar-refractivity contribution in [3.8, 4) is 5.82 Å². The first-order valence-corrected chi connectivity index (χ1v) is 5.61. The molecule has 0 aromatic carbocycles. The van der Waals surface area contributed by atoms with Gasteiger partial charge < -0.3 is 10.4 Å². The Morgan fingerprint density at radius 1 is 1.33 bits per heavy atom. The van der Waals surface area contributed by atoms with E-state index in [-0.39, 0.29) is 17.2 Å². The molecule has 1 amide bonds. The molecule has 2 N–H and O–H groups in total. The predicted molar refractivity (Wildman–Crippen MR) is 68.4 cm³/mol. The highest BCUT2D eigenvalue weighted by Crippen LogP contribution is 2.20. The van der Waals surface area contributed by atoms with Gasteiger partial charge in [-0.25, -0.2) is 14.5 Å². The Balaban J connectivity index is 2.57. The minimum atomic E-state index is -1.33. The fraction of sp³-hybridized carbons (Fsp3) is 0.0909. The summed E-state index contributed by atoms with van der Waals surface area (Å²) < 4.78 is 0.981. The molecule has 2 heterocycles. The van der Waals surface area contributed by atoms with Crippen molar-refractivity contribution in [3.05, 3.63) is 45.9 Å². The SMILES string of the molecule is CNC(=O)c1ccn(-c2nc(C(=O)O)ccc2[N+](=O)[O-])n1. The molecular formula is C11H9N5O5. The third kappa shape index (κ3) is 2.68. The Bertz CT molecular complexity index is 738. The molecule has 10 heteroatoms. The third-order valence-corrected chi connectivity index (χ3v) is 2.54. The van der Waals surface area contributed by atoms with Crippen molar-refractivity contribution in [2.24, 2.45) is 0 Å². The number of pyridine rings is 1. The molecular weight excluding hydrogens is 282 g/mol.